The van der Waals surface area contributed by atoms with Crippen molar-refractivity contribution in [3.05, 3.63) is 0 Å². The first-order valence-corrected chi connectivity index (χ1v) is 9.63. The van der Waals surface area contributed by atoms with E-state index in [1.165, 1.54) is 58.2 Å². The predicted octanol–water partition coefficient (Wildman–Crippen LogP) is 3.77. The third-order valence-electron chi connectivity index (χ3n) is 6.73. The van der Waals surface area contributed by atoms with Gasteiger partial charge in [-0.15, -0.1) is 0 Å². The topological polar surface area (TPSA) is 15.3 Å². The van der Waals surface area contributed by atoms with Gasteiger partial charge in [0.05, 0.1) is 0 Å². The van der Waals surface area contributed by atoms with Crippen molar-refractivity contribution < 1.29 is 0 Å². The number of hydrogen-bond acceptors (Lipinski definition) is 2. The average Bonchev–Trinajstić information content (AvgIpc) is 3.01. The highest BCUT2D eigenvalue weighted by Crippen LogP contribution is 2.40. The van der Waals surface area contributed by atoms with Gasteiger partial charge in [-0.2, -0.15) is 0 Å². The van der Waals surface area contributed by atoms with Crippen molar-refractivity contribution >= 4 is 0 Å². The quantitative estimate of drug-likeness (QED) is 0.830. The van der Waals surface area contributed by atoms with Crippen LogP contribution in [0.5, 0.6) is 0 Å². The van der Waals surface area contributed by atoms with Crippen molar-refractivity contribution in [2.24, 2.45) is 29.6 Å². The zero-order valence-electron chi connectivity index (χ0n) is 14.5. The van der Waals surface area contributed by atoms with Crippen LogP contribution < -0.4 is 5.32 Å². The minimum Gasteiger partial charge on any atom is -0.314 e. The smallest absolute Gasteiger partial charge is 0.0108 e. The number of hydrogen-bond donors (Lipinski definition) is 1. The van der Waals surface area contributed by atoms with Crippen molar-refractivity contribution in [1.82, 2.24) is 10.2 Å². The van der Waals surface area contributed by atoms with Crippen LogP contribution in [0.25, 0.3) is 0 Å². The van der Waals surface area contributed by atoms with E-state index in [-0.39, 0.29) is 0 Å². The molecule has 122 valence electrons. The first-order chi connectivity index (χ1) is 10.2. The van der Waals surface area contributed by atoms with Gasteiger partial charge >= 0.3 is 0 Å². The molecular weight excluding hydrogens is 256 g/mol. The largest absolute Gasteiger partial charge is 0.314 e. The maximum Gasteiger partial charge on any atom is 0.0108 e. The fourth-order valence-electron chi connectivity index (χ4n) is 5.45. The summed E-state index contributed by atoms with van der Waals surface area (Å²) in [6, 6.07) is 0.783. The second-order valence-electron chi connectivity index (χ2n) is 8.41. The van der Waals surface area contributed by atoms with Gasteiger partial charge in [-0.25, -0.2) is 0 Å². The van der Waals surface area contributed by atoms with Gasteiger partial charge in [0.1, 0.15) is 0 Å². The van der Waals surface area contributed by atoms with Crippen LogP contribution in [0.15, 0.2) is 0 Å². The van der Waals surface area contributed by atoms with E-state index in [1.807, 2.05) is 0 Å². The molecule has 0 radical (unpaired) electrons. The summed E-state index contributed by atoms with van der Waals surface area (Å²) >= 11 is 0. The van der Waals surface area contributed by atoms with Crippen LogP contribution in [0.2, 0.25) is 0 Å². The lowest BCUT2D eigenvalue weighted by Gasteiger charge is -2.40. The molecule has 0 aromatic carbocycles. The highest BCUT2D eigenvalue weighted by molar-refractivity contribution is 4.92. The zero-order chi connectivity index (χ0) is 14.8. The lowest BCUT2D eigenvalue weighted by Crippen LogP contribution is -2.46. The highest BCUT2D eigenvalue weighted by Gasteiger charge is 2.39. The van der Waals surface area contributed by atoms with E-state index >= 15 is 0 Å². The zero-order valence-corrected chi connectivity index (χ0v) is 14.5. The third kappa shape index (κ3) is 3.64. The Morgan fingerprint density at radius 3 is 2.38 bits per heavy atom. The van der Waals surface area contributed by atoms with Crippen LogP contribution in [-0.4, -0.2) is 37.1 Å². The molecule has 1 saturated heterocycles. The summed E-state index contributed by atoms with van der Waals surface area (Å²) in [5, 5.41) is 3.79. The van der Waals surface area contributed by atoms with Crippen molar-refractivity contribution in [3.8, 4) is 0 Å². The number of rotatable bonds is 5. The Balaban J connectivity index is 1.57. The Labute approximate surface area is 132 Å². The maximum absolute atomic E-state index is 3.79. The summed E-state index contributed by atoms with van der Waals surface area (Å²) < 4.78 is 0. The van der Waals surface area contributed by atoms with Gasteiger partial charge in [-0.1, -0.05) is 27.2 Å². The third-order valence-corrected chi connectivity index (χ3v) is 6.73. The van der Waals surface area contributed by atoms with Crippen LogP contribution in [0.3, 0.4) is 0 Å². The molecule has 2 heteroatoms. The minimum atomic E-state index is 0.783. The van der Waals surface area contributed by atoms with Crippen molar-refractivity contribution in [2.45, 2.75) is 65.3 Å². The van der Waals surface area contributed by atoms with Crippen LogP contribution in [0, 0.1) is 29.6 Å². The summed E-state index contributed by atoms with van der Waals surface area (Å²) in [6.07, 6.45) is 8.83. The average molecular weight is 293 g/mol. The summed E-state index contributed by atoms with van der Waals surface area (Å²) in [6.45, 7) is 12.4. The van der Waals surface area contributed by atoms with Crippen LogP contribution in [0.1, 0.15) is 59.3 Å². The van der Waals surface area contributed by atoms with E-state index in [4.69, 9.17) is 0 Å². The van der Waals surface area contributed by atoms with Crippen molar-refractivity contribution in [1.29, 1.82) is 0 Å². The number of fused-ring (bicyclic) bond motifs is 1. The van der Waals surface area contributed by atoms with Crippen LogP contribution in [0.4, 0.5) is 0 Å². The lowest BCUT2D eigenvalue weighted by atomic mass is 9.73. The molecule has 1 N–H and O–H groups in total. The van der Waals surface area contributed by atoms with Gasteiger partial charge in [0, 0.05) is 25.7 Å². The Kier molecular flexibility index (Phi) is 5.27. The van der Waals surface area contributed by atoms with E-state index in [1.54, 1.807) is 0 Å². The van der Waals surface area contributed by atoms with Gasteiger partial charge in [-0.05, 0) is 68.2 Å². The molecule has 5 atom stereocenters. The normalized spacial score (nSPS) is 40.9. The SMILES string of the molecule is CCNC1CCC(C(C)C)CC1CN1CC2CCCC2C1. The summed E-state index contributed by atoms with van der Waals surface area (Å²) in [7, 11) is 0. The van der Waals surface area contributed by atoms with Gasteiger partial charge in [0.25, 0.3) is 0 Å². The summed E-state index contributed by atoms with van der Waals surface area (Å²) in [5.74, 6) is 4.82. The Hall–Kier alpha value is -0.0800. The number of likely N-dealkylation sites (tertiary alicyclic amines) is 1. The lowest BCUT2D eigenvalue weighted by molar-refractivity contribution is 0.129. The van der Waals surface area contributed by atoms with E-state index in [0.717, 1.165) is 42.2 Å². The molecule has 2 nitrogen and oxygen atoms in total. The first kappa shape index (κ1) is 15.8. The molecule has 0 aromatic rings. The van der Waals surface area contributed by atoms with Gasteiger partial charge in [0.15, 0.2) is 0 Å². The molecular formula is C19H36N2. The molecule has 1 heterocycles. The van der Waals surface area contributed by atoms with Crippen LogP contribution in [-0.2, 0) is 0 Å². The van der Waals surface area contributed by atoms with Gasteiger partial charge < -0.3 is 10.2 Å². The predicted molar refractivity (Wildman–Crippen MR) is 90.4 cm³/mol. The van der Waals surface area contributed by atoms with Crippen molar-refractivity contribution in [3.63, 3.8) is 0 Å². The summed E-state index contributed by atoms with van der Waals surface area (Å²) in [4.78, 5) is 2.83. The highest BCUT2D eigenvalue weighted by atomic mass is 15.2. The molecule has 2 saturated carbocycles. The molecule has 3 fully saturated rings. The van der Waals surface area contributed by atoms with E-state index in [0.29, 0.717) is 0 Å². The molecule has 0 spiro atoms. The van der Waals surface area contributed by atoms with Gasteiger partial charge in [0.2, 0.25) is 0 Å². The van der Waals surface area contributed by atoms with Gasteiger partial charge in [-0.3, -0.25) is 0 Å². The Bertz CT molecular complexity index is 316. The molecule has 21 heavy (non-hydrogen) atoms. The molecule has 3 aliphatic rings. The fourth-order valence-corrected chi connectivity index (χ4v) is 5.45. The fraction of sp³-hybridized carbons (Fsp3) is 1.00. The maximum atomic E-state index is 3.79. The minimum absolute atomic E-state index is 0.783. The van der Waals surface area contributed by atoms with E-state index in [2.05, 4.69) is 31.0 Å². The standard InChI is InChI=1S/C19H36N2/c1-4-20-19-9-8-15(14(2)3)10-18(19)13-21-11-16-6-5-7-17(16)12-21/h14-20H,4-13H2,1-3H3. The molecule has 5 unspecified atom stereocenters. The summed E-state index contributed by atoms with van der Waals surface area (Å²) in [5.41, 5.74) is 0. The Morgan fingerprint density at radius 1 is 1.05 bits per heavy atom. The second-order valence-corrected chi connectivity index (χ2v) is 8.41. The molecule has 0 aromatic heterocycles. The molecule has 0 amide bonds. The second kappa shape index (κ2) is 7.00. The molecule has 2 aliphatic carbocycles. The van der Waals surface area contributed by atoms with E-state index in [9.17, 15) is 0 Å². The van der Waals surface area contributed by atoms with Crippen molar-refractivity contribution in [2.75, 3.05) is 26.2 Å². The van der Waals surface area contributed by atoms with E-state index < -0.39 is 0 Å². The van der Waals surface area contributed by atoms with Crippen LogP contribution >= 0.6 is 0 Å². The monoisotopic (exact) mass is 292 g/mol. The molecule has 1 aliphatic heterocycles. The first-order valence-electron chi connectivity index (χ1n) is 9.63. The molecule has 3 rings (SSSR count). The number of nitrogens with zero attached hydrogens (tertiary/aromatic N) is 1. The number of nitrogens with one attached hydrogen (secondary N) is 1. The Morgan fingerprint density at radius 2 is 1.76 bits per heavy atom. The molecule has 0 bridgehead atoms.